The lowest BCUT2D eigenvalue weighted by molar-refractivity contribution is -0.116. The van der Waals surface area contributed by atoms with Gasteiger partial charge in [-0.2, -0.15) is 0 Å². The number of halogens is 2. The summed E-state index contributed by atoms with van der Waals surface area (Å²) in [7, 11) is 0. The van der Waals surface area contributed by atoms with Gasteiger partial charge in [-0.3, -0.25) is 0 Å². The molecule has 2 aliphatic rings. The Hall–Kier alpha value is -0.150. The molecule has 2 rings (SSSR count). The van der Waals surface area contributed by atoms with Crippen molar-refractivity contribution in [2.24, 2.45) is 10.8 Å². The first-order valence-corrected chi connectivity index (χ1v) is 10.9. The van der Waals surface area contributed by atoms with E-state index in [0.29, 0.717) is 0 Å². The van der Waals surface area contributed by atoms with Crippen LogP contribution >= 0.6 is 23.2 Å². The molecule has 3 nitrogen and oxygen atoms in total. The molecule has 2 fully saturated rings. The van der Waals surface area contributed by atoms with E-state index in [1.807, 2.05) is 13.8 Å². The van der Waals surface area contributed by atoms with Crippen molar-refractivity contribution < 1.29 is 14.3 Å². The van der Waals surface area contributed by atoms with E-state index in [0.717, 1.165) is 51.4 Å². The molecule has 2 atom stereocenters. The quantitative estimate of drug-likeness (QED) is 0.369. The summed E-state index contributed by atoms with van der Waals surface area (Å²) in [4.78, 5) is 12.8. The molecule has 26 heavy (non-hydrogen) atoms. The molecular weight excluding hydrogens is 371 g/mol. The van der Waals surface area contributed by atoms with Gasteiger partial charge in [-0.05, 0) is 76.0 Å². The second kappa shape index (κ2) is 7.70. The molecule has 2 saturated carbocycles. The van der Waals surface area contributed by atoms with Gasteiger partial charge in [-0.25, -0.2) is 4.79 Å². The fourth-order valence-corrected chi connectivity index (χ4v) is 4.74. The highest BCUT2D eigenvalue weighted by molar-refractivity contribution is 6.21. The van der Waals surface area contributed by atoms with Crippen molar-refractivity contribution in [3.63, 3.8) is 0 Å². The van der Waals surface area contributed by atoms with Crippen LogP contribution in [0.25, 0.3) is 0 Å². The molecule has 2 unspecified atom stereocenters. The fraction of sp³-hybridized carbons (Fsp3) is 0.952. The minimum Gasteiger partial charge on any atom is -0.426 e. The van der Waals surface area contributed by atoms with E-state index < -0.39 is 17.4 Å². The largest absolute Gasteiger partial charge is 0.509 e. The van der Waals surface area contributed by atoms with E-state index in [9.17, 15) is 4.79 Å². The third kappa shape index (κ3) is 5.01. The first-order chi connectivity index (χ1) is 11.8. The summed E-state index contributed by atoms with van der Waals surface area (Å²) < 4.78 is 11.8. The maximum absolute atomic E-state index is 12.8. The topological polar surface area (TPSA) is 35.5 Å². The smallest absolute Gasteiger partial charge is 0.426 e. The average Bonchev–Trinajstić information content (AvgIpc) is 2.51. The first kappa shape index (κ1) is 22.1. The van der Waals surface area contributed by atoms with Gasteiger partial charge in [0.05, 0.1) is 10.8 Å². The molecule has 0 aliphatic heterocycles. The molecule has 0 spiro atoms. The summed E-state index contributed by atoms with van der Waals surface area (Å²) in [5.41, 5.74) is -0.746. The Morgan fingerprint density at radius 1 is 0.692 bits per heavy atom. The average molecular weight is 407 g/mol. The van der Waals surface area contributed by atoms with Gasteiger partial charge >= 0.3 is 6.16 Å². The molecule has 0 saturated heterocycles. The number of hydrogen-bond acceptors (Lipinski definition) is 3. The van der Waals surface area contributed by atoms with Crippen molar-refractivity contribution in [1.29, 1.82) is 0 Å². The van der Waals surface area contributed by atoms with Crippen molar-refractivity contribution in [3.8, 4) is 0 Å². The Bertz CT molecular complexity index is 447. The number of rotatable bonds is 4. The number of carbonyl (C=O) groups is 1. The molecule has 152 valence electrons. The zero-order valence-electron chi connectivity index (χ0n) is 17.3. The highest BCUT2D eigenvalue weighted by atomic mass is 35.5. The standard InChI is InChI=1S/C21H36Cl2O3/c1-15(22)20(11-7-18(3,4)8-12-20)25-17(24)26-21(16(2)23)13-9-19(5,6)10-14-21/h15-16H,7-14H2,1-6H3. The van der Waals surface area contributed by atoms with Crippen molar-refractivity contribution >= 4 is 29.4 Å². The monoisotopic (exact) mass is 406 g/mol. The lowest BCUT2D eigenvalue weighted by Crippen LogP contribution is -2.51. The van der Waals surface area contributed by atoms with Crippen molar-refractivity contribution in [3.05, 3.63) is 0 Å². The molecule has 0 aromatic heterocycles. The van der Waals surface area contributed by atoms with Crippen LogP contribution < -0.4 is 0 Å². The SMILES string of the molecule is CC(Cl)C1(OC(=O)OC2(C(C)Cl)CCC(C)(C)CC2)CCC(C)(C)CC1. The van der Waals surface area contributed by atoms with Gasteiger partial charge in [0.2, 0.25) is 0 Å². The molecular formula is C21H36Cl2O3. The first-order valence-electron chi connectivity index (χ1n) is 10.0. The van der Waals surface area contributed by atoms with Gasteiger partial charge in [-0.15, -0.1) is 23.2 Å². The van der Waals surface area contributed by atoms with E-state index in [-0.39, 0.29) is 21.6 Å². The second-order valence-electron chi connectivity index (χ2n) is 10.1. The summed E-state index contributed by atoms with van der Waals surface area (Å²) in [5.74, 6) is 0. The van der Waals surface area contributed by atoms with Crippen LogP contribution in [0.2, 0.25) is 0 Å². The van der Waals surface area contributed by atoms with Crippen LogP contribution in [0.4, 0.5) is 4.79 Å². The highest BCUT2D eigenvalue weighted by Crippen LogP contribution is 2.47. The van der Waals surface area contributed by atoms with Gasteiger partial charge < -0.3 is 9.47 Å². The van der Waals surface area contributed by atoms with Crippen LogP contribution in [0.15, 0.2) is 0 Å². The van der Waals surface area contributed by atoms with E-state index in [1.54, 1.807) is 0 Å². The lowest BCUT2D eigenvalue weighted by Gasteiger charge is -2.46. The van der Waals surface area contributed by atoms with Crippen LogP contribution in [0.1, 0.15) is 92.9 Å². The van der Waals surface area contributed by atoms with E-state index in [4.69, 9.17) is 32.7 Å². The van der Waals surface area contributed by atoms with Gasteiger partial charge in [0.25, 0.3) is 0 Å². The molecule has 0 aromatic rings. The molecule has 0 aromatic carbocycles. The van der Waals surface area contributed by atoms with Crippen molar-refractivity contribution in [2.75, 3.05) is 0 Å². The number of ether oxygens (including phenoxy) is 2. The number of hydrogen-bond donors (Lipinski definition) is 0. The fourth-order valence-electron chi connectivity index (χ4n) is 4.21. The second-order valence-corrected chi connectivity index (χ2v) is 11.5. The van der Waals surface area contributed by atoms with Crippen LogP contribution in [0, 0.1) is 10.8 Å². The maximum atomic E-state index is 12.8. The minimum absolute atomic E-state index is 0.249. The summed E-state index contributed by atoms with van der Waals surface area (Å²) in [5, 5.41) is -0.498. The van der Waals surface area contributed by atoms with E-state index in [2.05, 4.69) is 27.7 Å². The van der Waals surface area contributed by atoms with Crippen molar-refractivity contribution in [2.45, 2.75) is 115 Å². The van der Waals surface area contributed by atoms with Crippen LogP contribution in [-0.4, -0.2) is 28.1 Å². The zero-order valence-corrected chi connectivity index (χ0v) is 18.8. The highest BCUT2D eigenvalue weighted by Gasteiger charge is 2.49. The Labute approximate surface area is 169 Å². The molecule has 0 N–H and O–H groups in total. The molecule has 5 heteroatoms. The maximum Gasteiger partial charge on any atom is 0.509 e. The minimum atomic E-state index is -0.640. The molecule has 0 radical (unpaired) electrons. The van der Waals surface area contributed by atoms with Crippen molar-refractivity contribution in [1.82, 2.24) is 0 Å². The molecule has 0 bridgehead atoms. The van der Waals surface area contributed by atoms with Gasteiger partial charge in [0, 0.05) is 0 Å². The lowest BCUT2D eigenvalue weighted by atomic mass is 9.69. The zero-order chi connectivity index (χ0) is 19.8. The molecule has 0 heterocycles. The van der Waals surface area contributed by atoms with Crippen LogP contribution in [0.5, 0.6) is 0 Å². The number of carbonyl (C=O) groups excluding carboxylic acids is 1. The summed E-state index contributed by atoms with van der Waals surface area (Å²) in [6.45, 7) is 12.8. The Morgan fingerprint density at radius 3 is 1.19 bits per heavy atom. The predicted molar refractivity (Wildman–Crippen MR) is 108 cm³/mol. The molecule has 0 amide bonds. The third-order valence-corrected chi connectivity index (χ3v) is 7.72. The van der Waals surface area contributed by atoms with E-state index >= 15 is 0 Å². The number of alkyl halides is 2. The normalized spacial score (nSPS) is 28.6. The summed E-state index contributed by atoms with van der Waals surface area (Å²) in [6, 6.07) is 0. The van der Waals surface area contributed by atoms with Gasteiger partial charge in [-0.1, -0.05) is 27.7 Å². The summed E-state index contributed by atoms with van der Waals surface area (Å²) >= 11 is 12.9. The third-order valence-electron chi connectivity index (χ3n) is 6.92. The van der Waals surface area contributed by atoms with Crippen LogP contribution in [0.3, 0.4) is 0 Å². The van der Waals surface area contributed by atoms with Crippen LogP contribution in [-0.2, 0) is 9.47 Å². The Kier molecular flexibility index (Phi) is 6.56. The molecule has 2 aliphatic carbocycles. The predicted octanol–water partition coefficient (Wildman–Crippen LogP) is 7.07. The Morgan fingerprint density at radius 2 is 0.962 bits per heavy atom. The van der Waals surface area contributed by atoms with Gasteiger partial charge in [0.1, 0.15) is 11.2 Å². The Balaban J connectivity index is 2.07. The van der Waals surface area contributed by atoms with E-state index in [1.165, 1.54) is 0 Å². The van der Waals surface area contributed by atoms with Gasteiger partial charge in [0.15, 0.2) is 0 Å². The summed E-state index contributed by atoms with van der Waals surface area (Å²) in [6.07, 6.45) is 6.44.